The first-order chi connectivity index (χ1) is 12.8. The van der Waals surface area contributed by atoms with Gasteiger partial charge in [-0.05, 0) is 45.2 Å². The van der Waals surface area contributed by atoms with Gasteiger partial charge in [0.15, 0.2) is 5.16 Å². The maximum atomic E-state index is 13.2. The van der Waals surface area contributed by atoms with Crippen LogP contribution in [-0.4, -0.2) is 27.3 Å². The average molecular weight is 390 g/mol. The van der Waals surface area contributed by atoms with Gasteiger partial charge in [0.2, 0.25) is 5.91 Å². The molecule has 0 radical (unpaired) electrons. The Morgan fingerprint density at radius 3 is 2.56 bits per heavy atom. The summed E-state index contributed by atoms with van der Waals surface area (Å²) < 4.78 is 1.78. The van der Waals surface area contributed by atoms with Crippen LogP contribution in [0.3, 0.4) is 0 Å². The smallest absolute Gasteiger partial charge is 0.262 e. The van der Waals surface area contributed by atoms with E-state index in [-0.39, 0.29) is 22.8 Å². The number of amides is 1. The van der Waals surface area contributed by atoms with Gasteiger partial charge in [0, 0.05) is 12.6 Å². The quantitative estimate of drug-likeness (QED) is 0.510. The molecule has 0 aliphatic heterocycles. The van der Waals surface area contributed by atoms with Gasteiger partial charge < -0.3 is 5.32 Å². The van der Waals surface area contributed by atoms with Crippen LogP contribution in [-0.2, 0) is 4.79 Å². The number of aromatic nitrogens is 2. The molecule has 0 unspecified atom stereocenters. The number of fused-ring (bicyclic) bond motifs is 1. The van der Waals surface area contributed by atoms with Crippen LogP contribution in [0.2, 0.25) is 0 Å². The molecule has 1 N–H and O–H groups in total. The predicted octanol–water partition coefficient (Wildman–Crippen LogP) is 4.40. The lowest BCUT2D eigenvalue weighted by molar-refractivity contribution is -0.120. The zero-order valence-corrected chi connectivity index (χ0v) is 17.8. The van der Waals surface area contributed by atoms with Crippen molar-refractivity contribution < 1.29 is 4.79 Å². The minimum Gasteiger partial charge on any atom is -0.355 e. The molecule has 1 aromatic carbocycles. The van der Waals surface area contributed by atoms with Crippen LogP contribution in [0.4, 0.5) is 0 Å². The summed E-state index contributed by atoms with van der Waals surface area (Å²) >= 11 is 1.36. The van der Waals surface area contributed by atoms with Crippen molar-refractivity contribution in [3.05, 3.63) is 34.6 Å². The third-order valence-corrected chi connectivity index (χ3v) is 5.69. The van der Waals surface area contributed by atoms with Gasteiger partial charge in [-0.2, -0.15) is 0 Å². The van der Waals surface area contributed by atoms with E-state index in [2.05, 4.69) is 26.1 Å². The molecule has 5 nitrogen and oxygen atoms in total. The number of para-hydroxylation sites is 1. The number of carbonyl (C=O) groups excluding carboxylic acids is 1. The van der Waals surface area contributed by atoms with Gasteiger partial charge in [-0.3, -0.25) is 14.2 Å². The van der Waals surface area contributed by atoms with Crippen LogP contribution in [0.5, 0.6) is 0 Å². The minimum absolute atomic E-state index is 0.0248. The summed E-state index contributed by atoms with van der Waals surface area (Å²) in [6, 6.07) is 7.46. The van der Waals surface area contributed by atoms with Gasteiger partial charge in [0.25, 0.3) is 5.56 Å². The fourth-order valence-electron chi connectivity index (χ4n) is 3.08. The molecule has 2 aromatic rings. The lowest BCUT2D eigenvalue weighted by atomic mass is 10.0. The van der Waals surface area contributed by atoms with Gasteiger partial charge in [-0.25, -0.2) is 4.98 Å². The maximum Gasteiger partial charge on any atom is 0.262 e. The number of thioether (sulfide) groups is 1. The largest absolute Gasteiger partial charge is 0.355 e. The zero-order valence-electron chi connectivity index (χ0n) is 17.0. The monoisotopic (exact) mass is 389 g/mol. The summed E-state index contributed by atoms with van der Waals surface area (Å²) in [5, 5.41) is 3.77. The first-order valence-corrected chi connectivity index (χ1v) is 10.7. The fraction of sp³-hybridized carbons (Fsp3) is 0.571. The van der Waals surface area contributed by atoms with Crippen LogP contribution in [0.15, 0.2) is 34.2 Å². The van der Waals surface area contributed by atoms with Crippen LogP contribution in [0.25, 0.3) is 10.9 Å². The first kappa shape index (κ1) is 21.5. The highest BCUT2D eigenvalue weighted by atomic mass is 32.2. The number of carbonyl (C=O) groups is 1. The summed E-state index contributed by atoms with van der Waals surface area (Å²) in [5.41, 5.74) is 0.655. The molecule has 6 heteroatoms. The molecule has 0 bridgehead atoms. The molecule has 1 amide bonds. The number of benzene rings is 1. The van der Waals surface area contributed by atoms with Gasteiger partial charge in [-0.1, -0.05) is 50.6 Å². The first-order valence-electron chi connectivity index (χ1n) is 9.80. The van der Waals surface area contributed by atoms with Gasteiger partial charge >= 0.3 is 0 Å². The molecule has 1 aromatic heterocycles. The molecular weight excluding hydrogens is 358 g/mol. The van der Waals surface area contributed by atoms with Gasteiger partial charge in [0.05, 0.1) is 16.2 Å². The third kappa shape index (κ3) is 5.58. The number of nitrogens with one attached hydrogen (secondary N) is 1. The molecule has 0 saturated carbocycles. The number of hydrogen-bond donors (Lipinski definition) is 1. The fourth-order valence-corrected chi connectivity index (χ4v) is 4.11. The molecule has 27 heavy (non-hydrogen) atoms. The minimum atomic E-state index is -0.313. The Kier molecular flexibility index (Phi) is 7.90. The molecule has 0 fully saturated rings. The topological polar surface area (TPSA) is 64.0 Å². The van der Waals surface area contributed by atoms with Crippen molar-refractivity contribution in [1.82, 2.24) is 14.9 Å². The van der Waals surface area contributed by atoms with Crippen molar-refractivity contribution >= 4 is 28.6 Å². The highest BCUT2D eigenvalue weighted by Crippen LogP contribution is 2.27. The van der Waals surface area contributed by atoms with E-state index in [0.29, 0.717) is 28.5 Å². The van der Waals surface area contributed by atoms with Gasteiger partial charge in [0.1, 0.15) is 0 Å². The lowest BCUT2D eigenvalue weighted by Gasteiger charge is -2.21. The van der Waals surface area contributed by atoms with E-state index in [9.17, 15) is 9.59 Å². The van der Waals surface area contributed by atoms with Crippen molar-refractivity contribution in [2.24, 2.45) is 5.92 Å². The Labute approximate surface area is 166 Å². The summed E-state index contributed by atoms with van der Waals surface area (Å²) in [4.78, 5) is 30.1. The Hall–Kier alpha value is -1.82. The van der Waals surface area contributed by atoms with Crippen molar-refractivity contribution in [1.29, 1.82) is 0 Å². The van der Waals surface area contributed by atoms with Crippen LogP contribution < -0.4 is 10.9 Å². The molecular formula is C21H31N3O2S. The van der Waals surface area contributed by atoms with Crippen molar-refractivity contribution in [3.63, 3.8) is 0 Å². The van der Waals surface area contributed by atoms with Crippen molar-refractivity contribution in [2.45, 2.75) is 70.3 Å². The summed E-state index contributed by atoms with van der Waals surface area (Å²) in [7, 11) is 0. The Bertz CT molecular complexity index is 832. The Morgan fingerprint density at radius 2 is 1.89 bits per heavy atom. The number of rotatable bonds is 9. The van der Waals surface area contributed by atoms with Crippen molar-refractivity contribution in [3.8, 4) is 0 Å². The second-order valence-electron chi connectivity index (χ2n) is 7.42. The molecule has 0 aliphatic rings. The van der Waals surface area contributed by atoms with E-state index in [4.69, 9.17) is 4.98 Å². The van der Waals surface area contributed by atoms with E-state index >= 15 is 0 Å². The van der Waals surface area contributed by atoms with E-state index in [1.807, 2.05) is 38.1 Å². The molecule has 0 spiro atoms. The Balaban J connectivity index is 2.40. The maximum absolute atomic E-state index is 13.2. The van der Waals surface area contributed by atoms with Gasteiger partial charge in [-0.15, -0.1) is 0 Å². The van der Waals surface area contributed by atoms with Crippen molar-refractivity contribution in [2.75, 3.05) is 6.54 Å². The van der Waals surface area contributed by atoms with Crippen LogP contribution in [0, 0.1) is 5.92 Å². The standard InChI is InChI=1S/C21H31N3O2S/c1-6-22-19(25)16(5)27-21-23-18-13-8-7-12-17(18)20(26)24(21)15(4)11-9-10-14(2)3/h7-8,12-16H,6,9-11H2,1-5H3,(H,22,25)/t15-,16-/m1/s1. The van der Waals surface area contributed by atoms with E-state index in [1.54, 1.807) is 4.57 Å². The summed E-state index contributed by atoms with van der Waals surface area (Å²) in [5.74, 6) is 0.610. The summed E-state index contributed by atoms with van der Waals surface area (Å²) in [6.07, 6.45) is 3.12. The SMILES string of the molecule is CCNC(=O)[C@@H](C)Sc1nc2ccccc2c(=O)n1[C@H](C)CCCC(C)C. The molecule has 1 heterocycles. The second-order valence-corrected chi connectivity index (χ2v) is 8.72. The molecule has 0 saturated heterocycles. The molecule has 148 valence electrons. The average Bonchev–Trinajstić information content (AvgIpc) is 2.61. The third-order valence-electron chi connectivity index (χ3n) is 4.62. The van der Waals surface area contributed by atoms with E-state index in [0.717, 1.165) is 19.3 Å². The highest BCUT2D eigenvalue weighted by Gasteiger charge is 2.21. The van der Waals surface area contributed by atoms with Crippen LogP contribution in [0.1, 0.15) is 59.9 Å². The molecule has 0 aliphatic carbocycles. The van der Waals surface area contributed by atoms with E-state index < -0.39 is 0 Å². The van der Waals surface area contributed by atoms with Crippen LogP contribution >= 0.6 is 11.8 Å². The van der Waals surface area contributed by atoms with E-state index in [1.165, 1.54) is 11.8 Å². The second kappa shape index (κ2) is 9.93. The lowest BCUT2D eigenvalue weighted by Crippen LogP contribution is -2.32. The normalized spacial score (nSPS) is 13.7. The molecule has 2 rings (SSSR count). The number of hydrogen-bond acceptors (Lipinski definition) is 4. The molecule has 2 atom stereocenters. The highest BCUT2D eigenvalue weighted by molar-refractivity contribution is 8.00. The summed E-state index contributed by atoms with van der Waals surface area (Å²) in [6.45, 7) is 10.8. The Morgan fingerprint density at radius 1 is 1.19 bits per heavy atom. The predicted molar refractivity (Wildman–Crippen MR) is 113 cm³/mol. The number of nitrogens with zero attached hydrogens (tertiary/aromatic N) is 2. The zero-order chi connectivity index (χ0) is 20.0.